The van der Waals surface area contributed by atoms with Gasteiger partial charge in [0.05, 0.1) is 20.3 Å². The summed E-state index contributed by atoms with van der Waals surface area (Å²) in [6, 6.07) is 13.4. The van der Waals surface area contributed by atoms with Crippen molar-refractivity contribution in [2.24, 2.45) is 5.73 Å². The number of hydrogen-bond donors (Lipinski definition) is 1. The zero-order chi connectivity index (χ0) is 18.0. The molecule has 5 nitrogen and oxygen atoms in total. The summed E-state index contributed by atoms with van der Waals surface area (Å²) in [5.41, 5.74) is 9.40. The van der Waals surface area contributed by atoms with Crippen LogP contribution in [0.25, 0.3) is 0 Å². The zero-order valence-electron chi connectivity index (χ0n) is 14.9. The van der Waals surface area contributed by atoms with Gasteiger partial charge in [0, 0.05) is 6.54 Å². The topological polar surface area (TPSA) is 64.8 Å². The van der Waals surface area contributed by atoms with Gasteiger partial charge in [-0.1, -0.05) is 37.3 Å². The smallest absolute Gasteiger partial charge is 0.242 e. The number of nitrogens with two attached hydrogens (primary N) is 1. The maximum Gasteiger partial charge on any atom is 0.242 e. The number of carbonyl (C=O) groups is 1. The van der Waals surface area contributed by atoms with E-state index < -0.39 is 6.04 Å². The predicted molar refractivity (Wildman–Crippen MR) is 96.6 cm³/mol. The first-order valence-corrected chi connectivity index (χ1v) is 8.44. The van der Waals surface area contributed by atoms with E-state index in [-0.39, 0.29) is 11.9 Å². The van der Waals surface area contributed by atoms with E-state index in [0.29, 0.717) is 18.0 Å². The molecule has 1 fully saturated rings. The van der Waals surface area contributed by atoms with E-state index >= 15 is 0 Å². The fraction of sp³-hybridized carbons (Fsp3) is 0.350. The summed E-state index contributed by atoms with van der Waals surface area (Å²) >= 11 is 0. The van der Waals surface area contributed by atoms with E-state index in [1.165, 1.54) is 5.56 Å². The van der Waals surface area contributed by atoms with Crippen molar-refractivity contribution in [3.05, 3.63) is 59.2 Å². The normalized spacial score (nSPS) is 19.5. The molecule has 2 N–H and O–H groups in total. The van der Waals surface area contributed by atoms with Crippen molar-refractivity contribution in [3.63, 3.8) is 0 Å². The molecular weight excluding hydrogens is 316 g/mol. The second kappa shape index (κ2) is 7.15. The number of methoxy groups -OCH3 is 2. The van der Waals surface area contributed by atoms with E-state index in [9.17, 15) is 4.79 Å². The highest BCUT2D eigenvalue weighted by atomic mass is 16.5. The summed E-state index contributed by atoms with van der Waals surface area (Å²) < 4.78 is 10.6. The van der Waals surface area contributed by atoms with E-state index in [1.807, 2.05) is 23.1 Å². The summed E-state index contributed by atoms with van der Waals surface area (Å²) in [6.07, 6.45) is 0.991. The van der Waals surface area contributed by atoms with Gasteiger partial charge >= 0.3 is 0 Å². The molecular formula is C20H24N2O3. The van der Waals surface area contributed by atoms with Crippen molar-refractivity contribution in [3.8, 4) is 11.5 Å². The Labute approximate surface area is 148 Å². The number of aryl methyl sites for hydroxylation is 1. The Balaban J connectivity index is 1.81. The molecule has 1 heterocycles. The van der Waals surface area contributed by atoms with Crippen molar-refractivity contribution >= 4 is 5.91 Å². The molecule has 2 unspecified atom stereocenters. The van der Waals surface area contributed by atoms with Crippen LogP contribution in [0.2, 0.25) is 0 Å². The fourth-order valence-electron chi connectivity index (χ4n) is 3.27. The highest BCUT2D eigenvalue weighted by Crippen LogP contribution is 2.36. The first kappa shape index (κ1) is 17.3. The number of β-lactam (4-membered cyclic amide) rings is 1. The number of ether oxygens (including phenoxy) is 2. The van der Waals surface area contributed by atoms with Gasteiger partial charge in [-0.15, -0.1) is 0 Å². The van der Waals surface area contributed by atoms with Gasteiger partial charge in [0.2, 0.25) is 5.91 Å². The monoisotopic (exact) mass is 340 g/mol. The Morgan fingerprint density at radius 2 is 1.64 bits per heavy atom. The number of amides is 1. The summed E-state index contributed by atoms with van der Waals surface area (Å²) in [6.45, 7) is 2.62. The van der Waals surface area contributed by atoms with Crippen LogP contribution < -0.4 is 15.2 Å². The van der Waals surface area contributed by atoms with Gasteiger partial charge in [0.1, 0.15) is 6.04 Å². The number of nitrogens with zero attached hydrogens (tertiary/aromatic N) is 1. The minimum atomic E-state index is -0.479. The summed E-state index contributed by atoms with van der Waals surface area (Å²) in [7, 11) is 3.20. The van der Waals surface area contributed by atoms with Crippen LogP contribution in [0.3, 0.4) is 0 Å². The average molecular weight is 340 g/mol. The van der Waals surface area contributed by atoms with Crippen molar-refractivity contribution in [1.82, 2.24) is 4.90 Å². The number of benzene rings is 2. The van der Waals surface area contributed by atoms with E-state index in [2.05, 4.69) is 31.2 Å². The third kappa shape index (κ3) is 3.20. The third-order valence-corrected chi connectivity index (χ3v) is 4.77. The molecule has 25 heavy (non-hydrogen) atoms. The lowest BCUT2D eigenvalue weighted by molar-refractivity contribution is -0.150. The molecule has 1 aliphatic heterocycles. The highest BCUT2D eigenvalue weighted by molar-refractivity contribution is 5.89. The zero-order valence-corrected chi connectivity index (χ0v) is 14.9. The van der Waals surface area contributed by atoms with Crippen molar-refractivity contribution in [2.45, 2.75) is 32.0 Å². The average Bonchev–Trinajstić information content (AvgIpc) is 2.67. The molecule has 2 atom stereocenters. The van der Waals surface area contributed by atoms with E-state index in [4.69, 9.17) is 15.2 Å². The van der Waals surface area contributed by atoms with Gasteiger partial charge in [0.25, 0.3) is 0 Å². The molecule has 0 spiro atoms. The Morgan fingerprint density at radius 3 is 2.24 bits per heavy atom. The standard InChI is InChI=1S/C20H24N2O3/c1-4-13-5-8-15(9-6-13)19-18(21)20(23)22(19)12-14-7-10-16(24-2)17(11-14)25-3/h5-11,18-19H,4,12,21H2,1-3H3. The van der Waals surface area contributed by atoms with Gasteiger partial charge in [-0.2, -0.15) is 0 Å². The predicted octanol–water partition coefficient (Wildman–Crippen LogP) is 2.68. The number of hydrogen-bond acceptors (Lipinski definition) is 4. The molecule has 1 aliphatic rings. The SMILES string of the molecule is CCc1ccc(C2C(N)C(=O)N2Cc2ccc(OC)c(OC)c2)cc1. The largest absolute Gasteiger partial charge is 0.493 e. The van der Waals surface area contributed by atoms with Crippen LogP contribution in [0.1, 0.15) is 29.7 Å². The maximum atomic E-state index is 12.3. The molecule has 0 saturated carbocycles. The van der Waals surface area contributed by atoms with Gasteiger partial charge in [-0.25, -0.2) is 0 Å². The lowest BCUT2D eigenvalue weighted by Gasteiger charge is -2.46. The second-order valence-electron chi connectivity index (χ2n) is 6.22. The summed E-state index contributed by atoms with van der Waals surface area (Å²) in [5.74, 6) is 1.30. The molecule has 2 aromatic carbocycles. The molecule has 0 radical (unpaired) electrons. The van der Waals surface area contributed by atoms with Crippen LogP contribution in [0, 0.1) is 0 Å². The minimum Gasteiger partial charge on any atom is -0.493 e. The second-order valence-corrected chi connectivity index (χ2v) is 6.22. The Morgan fingerprint density at radius 1 is 1.00 bits per heavy atom. The number of carbonyl (C=O) groups excluding carboxylic acids is 1. The number of likely N-dealkylation sites (tertiary alicyclic amines) is 1. The summed E-state index contributed by atoms with van der Waals surface area (Å²) in [5, 5.41) is 0. The van der Waals surface area contributed by atoms with Crippen molar-refractivity contribution in [1.29, 1.82) is 0 Å². The third-order valence-electron chi connectivity index (χ3n) is 4.77. The molecule has 0 aromatic heterocycles. The lowest BCUT2D eigenvalue weighted by Crippen LogP contribution is -2.62. The lowest BCUT2D eigenvalue weighted by atomic mass is 9.88. The van der Waals surface area contributed by atoms with Crippen LogP contribution in [0.15, 0.2) is 42.5 Å². The highest BCUT2D eigenvalue weighted by Gasteiger charge is 2.45. The van der Waals surface area contributed by atoms with Crippen molar-refractivity contribution < 1.29 is 14.3 Å². The molecule has 3 rings (SSSR count). The maximum absolute atomic E-state index is 12.3. The van der Waals surface area contributed by atoms with Gasteiger partial charge < -0.3 is 20.1 Å². The Hall–Kier alpha value is -2.53. The Kier molecular flexibility index (Phi) is 4.95. The van der Waals surface area contributed by atoms with Gasteiger partial charge in [-0.05, 0) is 35.2 Å². The molecule has 132 valence electrons. The fourth-order valence-corrected chi connectivity index (χ4v) is 3.27. The Bertz CT molecular complexity index is 758. The van der Waals surface area contributed by atoms with E-state index in [0.717, 1.165) is 17.5 Å². The van der Waals surface area contributed by atoms with Crippen LogP contribution >= 0.6 is 0 Å². The van der Waals surface area contributed by atoms with Gasteiger partial charge in [0.15, 0.2) is 11.5 Å². The van der Waals surface area contributed by atoms with Crippen LogP contribution in [-0.2, 0) is 17.8 Å². The molecule has 2 aromatic rings. The van der Waals surface area contributed by atoms with Crippen LogP contribution in [0.5, 0.6) is 11.5 Å². The first-order chi connectivity index (χ1) is 12.1. The minimum absolute atomic E-state index is 0.0284. The first-order valence-electron chi connectivity index (χ1n) is 8.44. The molecule has 0 bridgehead atoms. The molecule has 1 amide bonds. The van der Waals surface area contributed by atoms with Crippen molar-refractivity contribution in [2.75, 3.05) is 14.2 Å². The number of rotatable bonds is 6. The molecule has 0 aliphatic carbocycles. The van der Waals surface area contributed by atoms with Crippen LogP contribution in [-0.4, -0.2) is 31.1 Å². The molecule has 5 heteroatoms. The quantitative estimate of drug-likeness (QED) is 0.821. The summed E-state index contributed by atoms with van der Waals surface area (Å²) in [4.78, 5) is 14.1. The van der Waals surface area contributed by atoms with Crippen LogP contribution in [0.4, 0.5) is 0 Å². The molecule has 1 saturated heterocycles. The van der Waals surface area contributed by atoms with Gasteiger partial charge in [-0.3, -0.25) is 4.79 Å². The van der Waals surface area contributed by atoms with E-state index in [1.54, 1.807) is 14.2 Å².